The van der Waals surface area contributed by atoms with Crippen LogP contribution in [-0.2, 0) is 20.4 Å². The first kappa shape index (κ1) is 30.6. The maximum atomic E-state index is 14.2. The summed E-state index contributed by atoms with van der Waals surface area (Å²) < 4.78 is 28.4. The fraction of sp³-hybridized carbons (Fsp3) is 0.500. The smallest absolute Gasteiger partial charge is 0.693 e. The van der Waals surface area contributed by atoms with Gasteiger partial charge in [-0.25, -0.2) is 8.78 Å². The topological polar surface area (TPSA) is 47.6 Å². The molecular formula is C24H38F2N2P2Pd+2. The molecule has 2 N–H and O–H groups in total. The van der Waals surface area contributed by atoms with E-state index in [4.69, 9.17) is 5.32 Å². The molecule has 7 heteroatoms. The summed E-state index contributed by atoms with van der Waals surface area (Å²) in [7, 11) is -2.00. The molecule has 0 aliphatic carbocycles. The Labute approximate surface area is 204 Å². The first-order chi connectivity index (χ1) is 13.5. The van der Waals surface area contributed by atoms with Gasteiger partial charge in [-0.2, -0.15) is 0 Å². The van der Waals surface area contributed by atoms with Crippen molar-refractivity contribution in [2.75, 3.05) is 0 Å². The van der Waals surface area contributed by atoms with E-state index >= 15 is 0 Å². The van der Waals surface area contributed by atoms with Gasteiger partial charge in [-0.15, -0.1) is 0 Å². The van der Waals surface area contributed by atoms with E-state index in [1.54, 1.807) is 24.3 Å². The molecule has 0 amide bonds. The van der Waals surface area contributed by atoms with Crippen LogP contribution in [-0.4, -0.2) is 22.6 Å². The second-order valence-corrected chi connectivity index (χ2v) is 16.5. The van der Waals surface area contributed by atoms with E-state index in [0.29, 0.717) is 22.6 Å². The summed E-state index contributed by atoms with van der Waals surface area (Å²) in [6, 6.07) is 9.92. The normalized spacial score (nSPS) is 11.5. The van der Waals surface area contributed by atoms with Gasteiger partial charge in [0.05, 0.1) is 33.2 Å². The van der Waals surface area contributed by atoms with Gasteiger partial charge >= 0.3 is 20.4 Å². The Morgan fingerprint density at radius 3 is 1.16 bits per heavy atom. The number of nitrogens with two attached hydrogens (primary N) is 1. The monoisotopic (exact) mass is 560 g/mol. The third kappa shape index (κ3) is 7.84. The van der Waals surface area contributed by atoms with Crippen molar-refractivity contribution in [3.05, 3.63) is 59.5 Å². The quantitative estimate of drug-likeness (QED) is 0.230. The zero-order chi connectivity index (χ0) is 21.9. The van der Waals surface area contributed by atoms with Gasteiger partial charge in [0.15, 0.2) is 0 Å². The number of benzene rings is 2. The second-order valence-electron chi connectivity index (χ2n) is 8.96. The van der Waals surface area contributed by atoms with Gasteiger partial charge in [0.25, 0.3) is 0 Å². The molecule has 0 saturated carbocycles. The van der Waals surface area contributed by atoms with Crippen LogP contribution < -0.4 is 10.6 Å². The molecule has 31 heavy (non-hydrogen) atoms. The van der Waals surface area contributed by atoms with E-state index in [-0.39, 0.29) is 38.2 Å². The summed E-state index contributed by atoms with van der Waals surface area (Å²) in [5.74, 6) is -0.424. The minimum absolute atomic E-state index is 0. The molecule has 2 aromatic rings. The van der Waals surface area contributed by atoms with E-state index < -0.39 is 15.8 Å². The van der Waals surface area contributed by atoms with Crippen LogP contribution in [0.5, 0.6) is 0 Å². The van der Waals surface area contributed by atoms with Crippen LogP contribution in [0.3, 0.4) is 0 Å². The minimum atomic E-state index is -1.000. The summed E-state index contributed by atoms with van der Waals surface area (Å²) in [5.41, 5.74) is 3.54. The standard InChI is InChI=1S/C24H34F2NP2.H2N.Pd/c1-15(2)28(16(3)4)23-13-19(25)9-11-21(23)27-22-12-10-20(26)14-24(22)29(17(5)6)18(7)8;;/h9-18H,1-8H3;1H2;/q2*-1;+2/p+2. The molecular weight excluding hydrogens is 523 g/mol. The Balaban J connectivity index is 0.00000450. The van der Waals surface area contributed by atoms with Gasteiger partial charge in [-0.05, 0) is 67.5 Å². The van der Waals surface area contributed by atoms with Crippen LogP contribution in [0.2, 0.25) is 0 Å². The number of hydrogen-bond acceptors (Lipinski definition) is 0. The third-order valence-electron chi connectivity index (χ3n) is 5.27. The van der Waals surface area contributed by atoms with Crippen molar-refractivity contribution in [2.45, 2.75) is 78.0 Å². The first-order valence-corrected chi connectivity index (χ1v) is 13.9. The van der Waals surface area contributed by atoms with Crippen molar-refractivity contribution >= 4 is 37.8 Å². The van der Waals surface area contributed by atoms with Crippen molar-refractivity contribution in [1.82, 2.24) is 0 Å². The van der Waals surface area contributed by atoms with Gasteiger partial charge in [0.2, 0.25) is 0 Å². The fourth-order valence-electron chi connectivity index (χ4n) is 4.38. The Morgan fingerprint density at radius 1 is 0.613 bits per heavy atom. The molecule has 0 aliphatic heterocycles. The molecule has 0 saturated heterocycles. The zero-order valence-corrected chi connectivity index (χ0v) is 23.4. The molecule has 0 aliphatic rings. The minimum Gasteiger partial charge on any atom is -0.693 e. The van der Waals surface area contributed by atoms with E-state index in [0.717, 1.165) is 22.0 Å². The first-order valence-electron chi connectivity index (χ1n) is 10.6. The van der Waals surface area contributed by atoms with Gasteiger partial charge in [-0.1, -0.05) is 23.5 Å². The molecule has 0 unspecified atom stereocenters. The Bertz CT molecular complexity index is 746. The fourth-order valence-corrected chi connectivity index (χ4v) is 11.0. The molecule has 0 aromatic heterocycles. The Kier molecular flexibility index (Phi) is 13.1. The largest absolute Gasteiger partial charge is 2.00 e. The van der Waals surface area contributed by atoms with Crippen LogP contribution in [0.4, 0.5) is 20.2 Å². The summed E-state index contributed by atoms with van der Waals surface area (Å²) >= 11 is 0. The third-order valence-corrected chi connectivity index (χ3v) is 12.3. The Hall–Kier alpha value is -0.418. The molecule has 176 valence electrons. The van der Waals surface area contributed by atoms with E-state index in [1.807, 2.05) is 0 Å². The predicted octanol–water partition coefficient (Wildman–Crippen LogP) is 8.33. The zero-order valence-electron chi connectivity index (χ0n) is 19.9. The summed E-state index contributed by atoms with van der Waals surface area (Å²) in [6.07, 6.45) is 0. The van der Waals surface area contributed by atoms with Crippen molar-refractivity contribution < 1.29 is 29.2 Å². The SMILES string of the molecule is CC(C)[PH+](c1cc(F)ccc1[N-]c1ccc(F)cc1[PH+](C(C)C)C(C)C)C(C)C.[NH2-].[Pd+2]. The van der Waals surface area contributed by atoms with Crippen LogP contribution in [0.1, 0.15) is 55.4 Å². The van der Waals surface area contributed by atoms with Crippen LogP contribution in [0.15, 0.2) is 36.4 Å². The van der Waals surface area contributed by atoms with Crippen LogP contribution in [0.25, 0.3) is 11.5 Å². The molecule has 0 fully saturated rings. The summed E-state index contributed by atoms with van der Waals surface area (Å²) in [4.78, 5) is 0. The Morgan fingerprint density at radius 2 is 0.903 bits per heavy atom. The molecule has 0 atom stereocenters. The average molecular weight is 561 g/mol. The summed E-state index contributed by atoms with van der Waals surface area (Å²) in [5, 5.41) is 7.09. The van der Waals surface area contributed by atoms with E-state index in [9.17, 15) is 8.78 Å². The van der Waals surface area contributed by atoms with Crippen molar-refractivity contribution in [1.29, 1.82) is 0 Å². The maximum Gasteiger partial charge on any atom is 2.00 e. The molecule has 0 bridgehead atoms. The molecule has 0 radical (unpaired) electrons. The van der Waals surface area contributed by atoms with Crippen LogP contribution >= 0.6 is 15.8 Å². The molecule has 2 nitrogen and oxygen atoms in total. The van der Waals surface area contributed by atoms with Crippen molar-refractivity contribution in [3.63, 3.8) is 0 Å². The maximum absolute atomic E-state index is 14.2. The van der Waals surface area contributed by atoms with Gasteiger partial charge in [0.1, 0.15) is 11.6 Å². The molecule has 0 spiro atoms. The van der Waals surface area contributed by atoms with E-state index in [1.165, 1.54) is 12.1 Å². The predicted molar refractivity (Wildman–Crippen MR) is 137 cm³/mol. The van der Waals surface area contributed by atoms with E-state index in [2.05, 4.69) is 55.4 Å². The number of hydrogen-bond donors (Lipinski definition) is 0. The molecule has 2 aromatic carbocycles. The number of nitrogens with zero attached hydrogens (tertiary/aromatic N) is 1. The van der Waals surface area contributed by atoms with Gasteiger partial charge in [-0.3, -0.25) is 0 Å². The second kappa shape index (κ2) is 13.3. The number of halogens is 2. The van der Waals surface area contributed by atoms with Crippen molar-refractivity contribution in [2.24, 2.45) is 0 Å². The summed E-state index contributed by atoms with van der Waals surface area (Å²) in [6.45, 7) is 17.7. The van der Waals surface area contributed by atoms with Crippen molar-refractivity contribution in [3.8, 4) is 0 Å². The molecule has 0 heterocycles. The molecule has 2 rings (SSSR count). The van der Waals surface area contributed by atoms with Gasteiger partial charge in [0, 0.05) is 28.0 Å². The number of rotatable bonds is 8. The average Bonchev–Trinajstić information content (AvgIpc) is 2.58. The van der Waals surface area contributed by atoms with Crippen LogP contribution in [0, 0.1) is 11.6 Å². The van der Waals surface area contributed by atoms with Gasteiger partial charge < -0.3 is 11.5 Å².